The van der Waals surface area contributed by atoms with E-state index in [9.17, 15) is 4.79 Å². The molecule has 1 aromatic heterocycles. The molecule has 1 aromatic rings. The van der Waals surface area contributed by atoms with Crippen LogP contribution in [0.1, 0.15) is 31.9 Å². The van der Waals surface area contributed by atoms with Gasteiger partial charge < -0.3 is 5.73 Å². The Hall–Kier alpha value is -1.36. The van der Waals surface area contributed by atoms with E-state index in [1.165, 1.54) is 0 Å². The molecule has 16 heavy (non-hydrogen) atoms. The molecule has 1 aliphatic heterocycles. The van der Waals surface area contributed by atoms with Gasteiger partial charge in [0.15, 0.2) is 0 Å². The molecule has 5 nitrogen and oxygen atoms in total. The summed E-state index contributed by atoms with van der Waals surface area (Å²) in [6, 6.07) is 1.92. The lowest BCUT2D eigenvalue weighted by molar-refractivity contribution is -0.117. The second-order valence-electron chi connectivity index (χ2n) is 4.67. The van der Waals surface area contributed by atoms with Crippen LogP contribution in [0.3, 0.4) is 0 Å². The van der Waals surface area contributed by atoms with Crippen molar-refractivity contribution in [1.29, 1.82) is 0 Å². The maximum atomic E-state index is 11.7. The third-order valence-corrected chi connectivity index (χ3v) is 2.90. The fraction of sp³-hybridized carbons (Fsp3) is 0.636. The van der Waals surface area contributed by atoms with Crippen molar-refractivity contribution in [3.8, 4) is 0 Å². The topological polar surface area (TPSA) is 64.2 Å². The second kappa shape index (κ2) is 3.90. The standard InChI is InChI=1S/C11H18N4O/c1-7(2)9-5-10(14(3)13-9)15-6-8(12)4-11(15)16/h5,7-8H,4,6,12H2,1-3H3. The summed E-state index contributed by atoms with van der Waals surface area (Å²) in [4.78, 5) is 13.4. The van der Waals surface area contributed by atoms with Gasteiger partial charge in [-0.2, -0.15) is 5.10 Å². The van der Waals surface area contributed by atoms with Crippen molar-refractivity contribution in [1.82, 2.24) is 9.78 Å². The number of carbonyl (C=O) groups excluding carboxylic acids is 1. The minimum Gasteiger partial charge on any atom is -0.326 e. The van der Waals surface area contributed by atoms with Crippen LogP contribution in [0, 0.1) is 0 Å². The van der Waals surface area contributed by atoms with E-state index in [1.54, 1.807) is 9.58 Å². The van der Waals surface area contributed by atoms with Gasteiger partial charge in [0.2, 0.25) is 5.91 Å². The molecule has 2 rings (SSSR count). The average Bonchev–Trinajstić information content (AvgIpc) is 2.69. The van der Waals surface area contributed by atoms with Crippen LogP contribution >= 0.6 is 0 Å². The number of hydrogen-bond acceptors (Lipinski definition) is 3. The highest BCUT2D eigenvalue weighted by Crippen LogP contribution is 2.24. The molecule has 1 atom stereocenters. The molecule has 0 aliphatic carbocycles. The highest BCUT2D eigenvalue weighted by atomic mass is 16.2. The first-order valence-corrected chi connectivity index (χ1v) is 5.59. The molecule has 1 saturated heterocycles. The van der Waals surface area contributed by atoms with Crippen molar-refractivity contribution in [3.63, 3.8) is 0 Å². The summed E-state index contributed by atoms with van der Waals surface area (Å²) in [5.74, 6) is 1.30. The molecule has 0 radical (unpaired) electrons. The predicted molar refractivity (Wildman–Crippen MR) is 62.2 cm³/mol. The Labute approximate surface area is 95.2 Å². The van der Waals surface area contributed by atoms with Gasteiger partial charge in [-0.3, -0.25) is 14.4 Å². The summed E-state index contributed by atoms with van der Waals surface area (Å²) >= 11 is 0. The number of rotatable bonds is 2. The number of anilines is 1. The van der Waals surface area contributed by atoms with Crippen molar-refractivity contribution in [3.05, 3.63) is 11.8 Å². The van der Waals surface area contributed by atoms with Gasteiger partial charge in [-0.1, -0.05) is 13.8 Å². The zero-order valence-corrected chi connectivity index (χ0v) is 9.97. The van der Waals surface area contributed by atoms with Crippen LogP contribution in [0.2, 0.25) is 0 Å². The SMILES string of the molecule is CC(C)c1cc(N2CC(N)CC2=O)n(C)n1. The van der Waals surface area contributed by atoms with Gasteiger partial charge in [0.05, 0.1) is 5.69 Å². The summed E-state index contributed by atoms with van der Waals surface area (Å²) in [5, 5.41) is 4.40. The van der Waals surface area contributed by atoms with Crippen molar-refractivity contribution >= 4 is 11.7 Å². The van der Waals surface area contributed by atoms with E-state index in [2.05, 4.69) is 18.9 Å². The van der Waals surface area contributed by atoms with E-state index in [0.29, 0.717) is 18.9 Å². The smallest absolute Gasteiger partial charge is 0.229 e. The lowest BCUT2D eigenvalue weighted by Crippen LogP contribution is -2.29. The molecule has 1 aliphatic rings. The molecule has 0 spiro atoms. The second-order valence-corrected chi connectivity index (χ2v) is 4.67. The monoisotopic (exact) mass is 222 g/mol. The Morgan fingerprint density at radius 2 is 2.25 bits per heavy atom. The number of aromatic nitrogens is 2. The molecular weight excluding hydrogens is 204 g/mol. The van der Waals surface area contributed by atoms with Crippen LogP contribution < -0.4 is 10.6 Å². The predicted octanol–water partition coefficient (Wildman–Crippen LogP) is 0.607. The zero-order valence-electron chi connectivity index (χ0n) is 9.97. The normalized spacial score (nSPS) is 21.2. The van der Waals surface area contributed by atoms with Gasteiger partial charge in [-0.15, -0.1) is 0 Å². The molecule has 0 aromatic carbocycles. The van der Waals surface area contributed by atoms with Gasteiger partial charge >= 0.3 is 0 Å². The maximum Gasteiger partial charge on any atom is 0.229 e. The van der Waals surface area contributed by atoms with Crippen molar-refractivity contribution in [2.45, 2.75) is 32.2 Å². The van der Waals surface area contributed by atoms with Crippen LogP contribution in [-0.2, 0) is 11.8 Å². The van der Waals surface area contributed by atoms with Crippen LogP contribution in [0.25, 0.3) is 0 Å². The van der Waals surface area contributed by atoms with E-state index in [4.69, 9.17) is 5.73 Å². The van der Waals surface area contributed by atoms with Crippen molar-refractivity contribution < 1.29 is 4.79 Å². The summed E-state index contributed by atoms with van der Waals surface area (Å²) in [5.41, 5.74) is 6.78. The first-order chi connectivity index (χ1) is 7.49. The van der Waals surface area contributed by atoms with E-state index in [0.717, 1.165) is 11.5 Å². The van der Waals surface area contributed by atoms with Gasteiger partial charge in [0.25, 0.3) is 0 Å². The van der Waals surface area contributed by atoms with Crippen LogP contribution in [0.5, 0.6) is 0 Å². The summed E-state index contributed by atoms with van der Waals surface area (Å²) in [6.07, 6.45) is 0.433. The number of nitrogens with zero attached hydrogens (tertiary/aromatic N) is 3. The Bertz CT molecular complexity index is 410. The molecule has 0 bridgehead atoms. The number of hydrogen-bond donors (Lipinski definition) is 1. The fourth-order valence-electron chi connectivity index (χ4n) is 1.97. The third-order valence-electron chi connectivity index (χ3n) is 2.90. The number of carbonyl (C=O) groups is 1. The van der Waals surface area contributed by atoms with E-state index in [1.807, 2.05) is 13.1 Å². The number of amides is 1. The molecule has 1 amide bonds. The summed E-state index contributed by atoms with van der Waals surface area (Å²) in [6.45, 7) is 4.77. The maximum absolute atomic E-state index is 11.7. The lowest BCUT2D eigenvalue weighted by atomic mass is 10.1. The average molecular weight is 222 g/mol. The number of nitrogens with two attached hydrogens (primary N) is 1. The van der Waals surface area contributed by atoms with Crippen LogP contribution in [0.4, 0.5) is 5.82 Å². The summed E-state index contributed by atoms with van der Waals surface area (Å²) < 4.78 is 1.76. The third kappa shape index (κ3) is 1.82. The fourth-order valence-corrected chi connectivity index (χ4v) is 1.97. The molecule has 5 heteroatoms. The Morgan fingerprint density at radius 1 is 1.56 bits per heavy atom. The highest BCUT2D eigenvalue weighted by Gasteiger charge is 2.30. The largest absolute Gasteiger partial charge is 0.326 e. The Kier molecular flexibility index (Phi) is 2.71. The van der Waals surface area contributed by atoms with E-state index in [-0.39, 0.29) is 11.9 Å². The van der Waals surface area contributed by atoms with Gasteiger partial charge in [0.1, 0.15) is 5.82 Å². The minimum absolute atomic E-state index is 0.0510. The molecular formula is C11H18N4O. The highest BCUT2D eigenvalue weighted by molar-refractivity contribution is 5.95. The van der Waals surface area contributed by atoms with E-state index < -0.39 is 0 Å². The van der Waals surface area contributed by atoms with Crippen molar-refractivity contribution in [2.24, 2.45) is 12.8 Å². The first kappa shape index (κ1) is 11.1. The van der Waals surface area contributed by atoms with Crippen molar-refractivity contribution in [2.75, 3.05) is 11.4 Å². The Balaban J connectivity index is 2.30. The summed E-state index contributed by atoms with van der Waals surface area (Å²) in [7, 11) is 1.86. The molecule has 88 valence electrons. The minimum atomic E-state index is -0.0510. The quantitative estimate of drug-likeness (QED) is 0.797. The number of aryl methyl sites for hydroxylation is 1. The van der Waals surface area contributed by atoms with Crippen LogP contribution in [0.15, 0.2) is 6.07 Å². The molecule has 2 N–H and O–H groups in total. The lowest BCUT2D eigenvalue weighted by Gasteiger charge is -2.15. The Morgan fingerprint density at radius 3 is 2.69 bits per heavy atom. The first-order valence-electron chi connectivity index (χ1n) is 5.59. The van der Waals surface area contributed by atoms with Gasteiger partial charge in [-0.25, -0.2) is 0 Å². The van der Waals surface area contributed by atoms with Crippen LogP contribution in [-0.4, -0.2) is 28.3 Å². The molecule has 1 fully saturated rings. The van der Waals surface area contributed by atoms with E-state index >= 15 is 0 Å². The van der Waals surface area contributed by atoms with Gasteiger partial charge in [0, 0.05) is 32.1 Å². The molecule has 0 saturated carbocycles. The molecule has 2 heterocycles. The zero-order chi connectivity index (χ0) is 11.9. The van der Waals surface area contributed by atoms with Gasteiger partial charge in [-0.05, 0) is 5.92 Å². The molecule has 1 unspecified atom stereocenters.